The molecule has 0 radical (unpaired) electrons. The molecule has 0 amide bonds. The number of fused-ring (bicyclic) bond motifs is 5. The van der Waals surface area contributed by atoms with Gasteiger partial charge in [-0.15, -0.1) is 12.6 Å². The molecule has 0 unspecified atom stereocenters. The standard InChI is InChI=1S/C34H24S/c35-33-19-17-25(21-32(33)29-15-7-11-22-8-1-4-12-26(22)29)34-28-14-6-3-10-24(28)20-31-27-13-5-2-9-23(27)16-18-30(31)34/h2-7,9-21,35H,1,8H2. The summed E-state index contributed by atoms with van der Waals surface area (Å²) in [5.74, 6) is 0. The van der Waals surface area contributed by atoms with Gasteiger partial charge < -0.3 is 0 Å². The van der Waals surface area contributed by atoms with Gasteiger partial charge in [0.2, 0.25) is 0 Å². The Morgan fingerprint density at radius 3 is 2.31 bits per heavy atom. The first kappa shape index (κ1) is 20.6. The van der Waals surface area contributed by atoms with Gasteiger partial charge in [0.25, 0.3) is 0 Å². The van der Waals surface area contributed by atoms with Crippen LogP contribution in [0.3, 0.4) is 0 Å². The van der Waals surface area contributed by atoms with Crippen molar-refractivity contribution in [2.75, 3.05) is 0 Å². The second-order valence-corrected chi connectivity index (χ2v) is 9.89. The van der Waals surface area contributed by atoms with Crippen molar-refractivity contribution in [1.29, 1.82) is 0 Å². The smallest absolute Gasteiger partial charge is 0.0119 e. The Kier molecular flexibility index (Phi) is 4.78. The van der Waals surface area contributed by atoms with E-state index in [4.69, 9.17) is 12.6 Å². The van der Waals surface area contributed by atoms with Crippen molar-refractivity contribution in [3.05, 3.63) is 120 Å². The third kappa shape index (κ3) is 3.31. The van der Waals surface area contributed by atoms with Crippen molar-refractivity contribution in [2.45, 2.75) is 17.7 Å². The van der Waals surface area contributed by atoms with E-state index in [1.165, 1.54) is 65.7 Å². The Labute approximate surface area is 211 Å². The molecule has 1 heteroatoms. The topological polar surface area (TPSA) is 0 Å². The normalized spacial score (nSPS) is 12.9. The third-order valence-corrected chi connectivity index (χ3v) is 7.80. The molecule has 0 heterocycles. The average molecular weight is 465 g/mol. The number of aryl methyl sites for hydroxylation is 1. The molecule has 0 nitrogen and oxygen atoms in total. The first-order valence-corrected chi connectivity index (χ1v) is 12.7. The SMILES string of the molecule is Sc1ccc(-c2c3ccccc3cc3c2ccc2ccccc23)cc1-c1cccc2c1C=CCC2. The molecule has 0 saturated carbocycles. The molecule has 0 spiro atoms. The minimum atomic E-state index is 1.01. The molecule has 0 saturated heterocycles. The maximum Gasteiger partial charge on any atom is 0.0119 e. The van der Waals surface area contributed by atoms with Gasteiger partial charge in [-0.05, 0) is 96.7 Å². The molecule has 166 valence electrons. The number of allylic oxidation sites excluding steroid dienone is 1. The van der Waals surface area contributed by atoms with Crippen LogP contribution in [0.2, 0.25) is 0 Å². The lowest BCUT2D eigenvalue weighted by molar-refractivity contribution is 0.986. The molecule has 7 rings (SSSR count). The summed E-state index contributed by atoms with van der Waals surface area (Å²) in [7, 11) is 0. The molecule has 0 N–H and O–H groups in total. The van der Waals surface area contributed by atoms with Gasteiger partial charge in [0, 0.05) is 4.90 Å². The van der Waals surface area contributed by atoms with E-state index >= 15 is 0 Å². The van der Waals surface area contributed by atoms with Crippen LogP contribution in [0, 0.1) is 0 Å². The highest BCUT2D eigenvalue weighted by Crippen LogP contribution is 2.42. The third-order valence-electron chi connectivity index (χ3n) is 7.41. The van der Waals surface area contributed by atoms with Crippen LogP contribution in [0.4, 0.5) is 0 Å². The summed E-state index contributed by atoms with van der Waals surface area (Å²) >= 11 is 4.91. The lowest BCUT2D eigenvalue weighted by Gasteiger charge is -2.18. The molecule has 6 aromatic rings. The summed E-state index contributed by atoms with van der Waals surface area (Å²) in [5, 5.41) is 7.70. The highest BCUT2D eigenvalue weighted by molar-refractivity contribution is 7.80. The Morgan fingerprint density at radius 1 is 0.571 bits per heavy atom. The molecule has 0 bridgehead atoms. The summed E-state index contributed by atoms with van der Waals surface area (Å²) in [6, 6.07) is 37.8. The Balaban J connectivity index is 1.56. The fraction of sp³-hybridized carbons (Fsp3) is 0.0588. The molecule has 0 aromatic heterocycles. The van der Waals surface area contributed by atoms with Crippen LogP contribution in [0.1, 0.15) is 17.5 Å². The second kappa shape index (κ2) is 8.15. The predicted octanol–water partition coefficient (Wildman–Crippen LogP) is 9.73. The van der Waals surface area contributed by atoms with Crippen LogP contribution in [0.5, 0.6) is 0 Å². The zero-order chi connectivity index (χ0) is 23.4. The van der Waals surface area contributed by atoms with Gasteiger partial charge in [-0.2, -0.15) is 0 Å². The highest BCUT2D eigenvalue weighted by atomic mass is 32.1. The van der Waals surface area contributed by atoms with Crippen LogP contribution in [-0.4, -0.2) is 0 Å². The van der Waals surface area contributed by atoms with Crippen LogP contribution in [-0.2, 0) is 6.42 Å². The zero-order valence-corrected chi connectivity index (χ0v) is 20.2. The first-order valence-electron chi connectivity index (χ1n) is 12.2. The van der Waals surface area contributed by atoms with Gasteiger partial charge in [-0.25, -0.2) is 0 Å². The van der Waals surface area contributed by atoms with Crippen LogP contribution in [0.25, 0.3) is 60.6 Å². The van der Waals surface area contributed by atoms with Gasteiger partial charge in [0.15, 0.2) is 0 Å². The number of hydrogen-bond acceptors (Lipinski definition) is 1. The highest BCUT2D eigenvalue weighted by Gasteiger charge is 2.16. The number of benzene rings is 6. The maximum absolute atomic E-state index is 4.91. The zero-order valence-electron chi connectivity index (χ0n) is 19.3. The quantitative estimate of drug-likeness (QED) is 0.147. The van der Waals surface area contributed by atoms with Gasteiger partial charge in [0.05, 0.1) is 0 Å². The molecule has 35 heavy (non-hydrogen) atoms. The van der Waals surface area contributed by atoms with Crippen molar-refractivity contribution in [3.8, 4) is 22.3 Å². The summed E-state index contributed by atoms with van der Waals surface area (Å²) in [5.41, 5.74) is 7.73. The minimum absolute atomic E-state index is 1.01. The van der Waals surface area contributed by atoms with E-state index in [-0.39, 0.29) is 0 Å². The molecule has 6 aromatic carbocycles. The predicted molar refractivity (Wildman–Crippen MR) is 154 cm³/mol. The van der Waals surface area contributed by atoms with Crippen molar-refractivity contribution in [2.24, 2.45) is 0 Å². The van der Waals surface area contributed by atoms with E-state index in [2.05, 4.69) is 115 Å². The molecule has 1 aliphatic rings. The molecule has 0 atom stereocenters. The van der Waals surface area contributed by atoms with E-state index < -0.39 is 0 Å². The maximum atomic E-state index is 4.91. The van der Waals surface area contributed by atoms with E-state index in [1.54, 1.807) is 0 Å². The summed E-state index contributed by atoms with van der Waals surface area (Å²) in [6.07, 6.45) is 6.78. The van der Waals surface area contributed by atoms with Gasteiger partial charge in [0.1, 0.15) is 0 Å². The second-order valence-electron chi connectivity index (χ2n) is 9.41. The van der Waals surface area contributed by atoms with E-state index in [0.717, 1.165) is 17.7 Å². The van der Waals surface area contributed by atoms with Crippen LogP contribution in [0.15, 0.2) is 114 Å². The van der Waals surface area contributed by atoms with Gasteiger partial charge in [-0.1, -0.05) is 97.1 Å². The summed E-state index contributed by atoms with van der Waals surface area (Å²) < 4.78 is 0. The van der Waals surface area contributed by atoms with E-state index in [1.807, 2.05) is 0 Å². The van der Waals surface area contributed by atoms with Crippen LogP contribution < -0.4 is 0 Å². The number of thiol groups is 1. The fourth-order valence-electron chi connectivity index (χ4n) is 5.74. The van der Waals surface area contributed by atoms with Gasteiger partial charge >= 0.3 is 0 Å². The summed E-state index contributed by atoms with van der Waals surface area (Å²) in [4.78, 5) is 1.01. The fourth-order valence-corrected chi connectivity index (χ4v) is 6.00. The number of rotatable bonds is 2. The first-order chi connectivity index (χ1) is 17.3. The lowest BCUT2D eigenvalue weighted by atomic mass is 9.87. The molecule has 0 fully saturated rings. The van der Waals surface area contributed by atoms with E-state index in [0.29, 0.717) is 0 Å². The number of hydrogen-bond donors (Lipinski definition) is 1. The summed E-state index contributed by atoms with van der Waals surface area (Å²) in [6.45, 7) is 0. The van der Waals surface area contributed by atoms with Gasteiger partial charge in [-0.3, -0.25) is 0 Å². The minimum Gasteiger partial charge on any atom is -0.143 e. The molecule has 0 aliphatic heterocycles. The Morgan fingerprint density at radius 2 is 1.40 bits per heavy atom. The molecule has 1 aliphatic carbocycles. The largest absolute Gasteiger partial charge is 0.143 e. The Bertz CT molecular complexity index is 1810. The van der Waals surface area contributed by atoms with Crippen molar-refractivity contribution < 1.29 is 0 Å². The molecular weight excluding hydrogens is 440 g/mol. The van der Waals surface area contributed by atoms with E-state index in [9.17, 15) is 0 Å². The molecular formula is C34H24S. The Hall–Kier alpha value is -3.81. The monoisotopic (exact) mass is 464 g/mol. The van der Waals surface area contributed by atoms with Crippen molar-refractivity contribution >= 4 is 51.0 Å². The van der Waals surface area contributed by atoms with Crippen LogP contribution >= 0.6 is 12.6 Å². The average Bonchev–Trinajstić information content (AvgIpc) is 2.92. The van der Waals surface area contributed by atoms with Crippen molar-refractivity contribution in [3.63, 3.8) is 0 Å². The lowest BCUT2D eigenvalue weighted by Crippen LogP contribution is -1.97. The van der Waals surface area contributed by atoms with Crippen molar-refractivity contribution in [1.82, 2.24) is 0 Å².